The number of benzene rings is 2. The molecule has 0 unspecified atom stereocenters. The molecule has 2 aromatic carbocycles. The number of anilines is 1. The average Bonchev–Trinajstić information content (AvgIpc) is 3.03. The molecule has 122 valence electrons. The molecule has 0 aliphatic rings. The van der Waals surface area contributed by atoms with Gasteiger partial charge in [-0.15, -0.1) is 10.2 Å². The summed E-state index contributed by atoms with van der Waals surface area (Å²) < 4.78 is 6.64. The van der Waals surface area contributed by atoms with Gasteiger partial charge in [-0.2, -0.15) is 4.80 Å². The van der Waals surface area contributed by atoms with Crippen molar-refractivity contribution in [2.75, 3.05) is 5.32 Å². The maximum absolute atomic E-state index is 12.0. The summed E-state index contributed by atoms with van der Waals surface area (Å²) in [6, 6.07) is 16.9. The van der Waals surface area contributed by atoms with Gasteiger partial charge in [0.15, 0.2) is 6.61 Å². The molecule has 0 radical (unpaired) electrons. The number of rotatable bonds is 6. The molecule has 1 N–H and O–H groups in total. The molecule has 3 aromatic rings. The van der Waals surface area contributed by atoms with Crippen LogP contribution in [0.1, 0.15) is 5.82 Å². The maximum Gasteiger partial charge on any atom is 0.248 e. The first-order valence-corrected chi connectivity index (χ1v) is 8.27. The number of nitrogens with one attached hydrogen (secondary N) is 1. The molecule has 0 atom stereocenters. The summed E-state index contributed by atoms with van der Waals surface area (Å²) in [5.74, 6) is 0.926. The van der Waals surface area contributed by atoms with Gasteiger partial charge in [0.2, 0.25) is 11.7 Å². The van der Waals surface area contributed by atoms with Crippen LogP contribution in [0.2, 0.25) is 0 Å². The van der Waals surface area contributed by atoms with Crippen molar-refractivity contribution in [2.24, 2.45) is 0 Å². The number of amides is 1. The summed E-state index contributed by atoms with van der Waals surface area (Å²) in [5.41, 5.74) is 0.730. The van der Waals surface area contributed by atoms with E-state index in [-0.39, 0.29) is 19.1 Å². The second-order valence-corrected chi connectivity index (χ2v) is 6.14. The van der Waals surface area contributed by atoms with E-state index in [9.17, 15) is 4.79 Å². The van der Waals surface area contributed by atoms with Crippen molar-refractivity contribution in [1.29, 1.82) is 0 Å². The molecule has 8 heteroatoms. The van der Waals surface area contributed by atoms with Crippen molar-refractivity contribution >= 4 is 34.2 Å². The van der Waals surface area contributed by atoms with Crippen molar-refractivity contribution in [3.63, 3.8) is 0 Å². The summed E-state index contributed by atoms with van der Waals surface area (Å²) in [7, 11) is 0. The second-order valence-electron chi connectivity index (χ2n) is 4.89. The topological polar surface area (TPSA) is 81.9 Å². The molecule has 7 nitrogen and oxygen atoms in total. The number of aromatic nitrogens is 4. The van der Waals surface area contributed by atoms with E-state index in [1.165, 1.54) is 4.80 Å². The highest BCUT2D eigenvalue weighted by atomic mass is 127. The van der Waals surface area contributed by atoms with Crippen LogP contribution in [0.4, 0.5) is 5.69 Å². The smallest absolute Gasteiger partial charge is 0.248 e. The van der Waals surface area contributed by atoms with Gasteiger partial charge in [0.25, 0.3) is 0 Å². The molecular weight excluding hydrogens is 421 g/mol. The molecule has 1 aromatic heterocycles. The first kappa shape index (κ1) is 16.4. The van der Waals surface area contributed by atoms with E-state index in [1.807, 2.05) is 54.6 Å². The number of hydrogen-bond donors (Lipinski definition) is 1. The van der Waals surface area contributed by atoms with Crippen LogP contribution in [-0.4, -0.2) is 26.1 Å². The van der Waals surface area contributed by atoms with Crippen molar-refractivity contribution in [3.05, 3.63) is 64.0 Å². The zero-order valence-electron chi connectivity index (χ0n) is 12.6. The second kappa shape index (κ2) is 7.86. The summed E-state index contributed by atoms with van der Waals surface area (Å²) in [6.45, 7) is 0.188. The van der Waals surface area contributed by atoms with Crippen molar-refractivity contribution in [2.45, 2.75) is 13.2 Å². The van der Waals surface area contributed by atoms with E-state index in [1.54, 1.807) is 0 Å². The fraction of sp³-hybridized carbons (Fsp3) is 0.125. The number of halogens is 1. The standard InChI is InChI=1S/C16H14IN5O2/c17-12-6-8-13(9-7-12)18-16(23)10-22-20-15(19-21-22)11-24-14-4-2-1-3-5-14/h1-9H,10-11H2,(H,18,23). The van der Waals surface area contributed by atoms with E-state index >= 15 is 0 Å². The lowest BCUT2D eigenvalue weighted by molar-refractivity contribution is -0.117. The minimum Gasteiger partial charge on any atom is -0.485 e. The van der Waals surface area contributed by atoms with Gasteiger partial charge in [-0.1, -0.05) is 18.2 Å². The van der Waals surface area contributed by atoms with Gasteiger partial charge in [0.1, 0.15) is 12.3 Å². The lowest BCUT2D eigenvalue weighted by Crippen LogP contribution is -2.20. The number of hydrogen-bond acceptors (Lipinski definition) is 5. The Bertz CT molecular complexity index is 805. The van der Waals surface area contributed by atoms with Gasteiger partial charge in [0.05, 0.1) is 0 Å². The summed E-state index contributed by atoms with van der Waals surface area (Å²) in [4.78, 5) is 13.2. The van der Waals surface area contributed by atoms with Crippen LogP contribution in [0.5, 0.6) is 5.75 Å². The van der Waals surface area contributed by atoms with E-state index in [0.29, 0.717) is 5.82 Å². The zero-order valence-corrected chi connectivity index (χ0v) is 14.8. The largest absolute Gasteiger partial charge is 0.485 e. The Balaban J connectivity index is 1.51. The molecule has 1 amide bonds. The van der Waals surface area contributed by atoms with E-state index in [4.69, 9.17) is 4.74 Å². The Morgan fingerprint density at radius 1 is 1.12 bits per heavy atom. The molecule has 0 fully saturated rings. The van der Waals surface area contributed by atoms with Gasteiger partial charge in [-0.05, 0) is 64.2 Å². The lowest BCUT2D eigenvalue weighted by Gasteiger charge is -2.04. The van der Waals surface area contributed by atoms with E-state index in [2.05, 4.69) is 43.3 Å². The Morgan fingerprint density at radius 2 is 1.88 bits per heavy atom. The summed E-state index contributed by atoms with van der Waals surface area (Å²) >= 11 is 2.21. The predicted octanol–water partition coefficient (Wildman–Crippen LogP) is 2.50. The van der Waals surface area contributed by atoms with Crippen molar-refractivity contribution in [1.82, 2.24) is 20.2 Å². The molecule has 0 saturated heterocycles. The molecule has 1 heterocycles. The van der Waals surface area contributed by atoms with Gasteiger partial charge in [-0.3, -0.25) is 4.79 Å². The van der Waals surface area contributed by atoms with Crippen LogP contribution in [0, 0.1) is 3.57 Å². The fourth-order valence-corrected chi connectivity index (χ4v) is 2.29. The molecular formula is C16H14IN5O2. The lowest BCUT2D eigenvalue weighted by atomic mass is 10.3. The van der Waals surface area contributed by atoms with Crippen LogP contribution in [0.3, 0.4) is 0 Å². The third-order valence-corrected chi connectivity index (χ3v) is 3.74. The molecule has 0 aliphatic heterocycles. The quantitative estimate of drug-likeness (QED) is 0.602. The van der Waals surface area contributed by atoms with Crippen LogP contribution in [0.15, 0.2) is 54.6 Å². The zero-order chi connectivity index (χ0) is 16.8. The highest BCUT2D eigenvalue weighted by Gasteiger charge is 2.08. The third kappa shape index (κ3) is 4.75. The number of nitrogens with zero attached hydrogens (tertiary/aromatic N) is 4. The monoisotopic (exact) mass is 435 g/mol. The van der Waals surface area contributed by atoms with E-state index in [0.717, 1.165) is 15.0 Å². The van der Waals surface area contributed by atoms with Crippen molar-refractivity contribution < 1.29 is 9.53 Å². The molecule has 0 spiro atoms. The first-order chi connectivity index (χ1) is 11.7. The van der Waals surface area contributed by atoms with Crippen LogP contribution >= 0.6 is 22.6 Å². The number of carbonyl (C=O) groups is 1. The highest BCUT2D eigenvalue weighted by molar-refractivity contribution is 14.1. The molecule has 3 rings (SSSR count). The van der Waals surface area contributed by atoms with Crippen LogP contribution in [-0.2, 0) is 17.9 Å². The number of para-hydroxylation sites is 1. The van der Waals surface area contributed by atoms with Gasteiger partial charge >= 0.3 is 0 Å². The highest BCUT2D eigenvalue weighted by Crippen LogP contribution is 2.11. The predicted molar refractivity (Wildman–Crippen MR) is 96.4 cm³/mol. The van der Waals surface area contributed by atoms with Gasteiger partial charge in [0, 0.05) is 9.26 Å². The normalized spacial score (nSPS) is 10.4. The van der Waals surface area contributed by atoms with Gasteiger partial charge in [-0.25, -0.2) is 0 Å². The minimum absolute atomic E-state index is 0.00960. The Morgan fingerprint density at radius 3 is 2.62 bits per heavy atom. The van der Waals surface area contributed by atoms with E-state index < -0.39 is 0 Å². The third-order valence-electron chi connectivity index (χ3n) is 3.02. The SMILES string of the molecule is O=C(Cn1nnc(COc2ccccc2)n1)Nc1ccc(I)cc1. The Hall–Kier alpha value is -2.49. The van der Waals surface area contributed by atoms with Crippen LogP contribution < -0.4 is 10.1 Å². The number of ether oxygens (including phenoxy) is 1. The van der Waals surface area contributed by atoms with Crippen LogP contribution in [0.25, 0.3) is 0 Å². The summed E-state index contributed by atoms with van der Waals surface area (Å²) in [5, 5.41) is 14.6. The molecule has 0 aliphatic carbocycles. The molecule has 0 bridgehead atoms. The average molecular weight is 435 g/mol. The fourth-order valence-electron chi connectivity index (χ4n) is 1.93. The van der Waals surface area contributed by atoms with Crippen molar-refractivity contribution in [3.8, 4) is 5.75 Å². The Labute approximate surface area is 152 Å². The number of tetrazole rings is 1. The first-order valence-electron chi connectivity index (χ1n) is 7.19. The maximum atomic E-state index is 12.0. The molecule has 24 heavy (non-hydrogen) atoms. The van der Waals surface area contributed by atoms with Gasteiger partial charge < -0.3 is 10.1 Å². The minimum atomic E-state index is -0.218. The number of carbonyl (C=O) groups excluding carboxylic acids is 1. The molecule has 0 saturated carbocycles. The summed E-state index contributed by atoms with van der Waals surface area (Å²) in [6.07, 6.45) is 0. The Kier molecular flexibility index (Phi) is 5.36.